The van der Waals surface area contributed by atoms with Crippen LogP contribution in [0.2, 0.25) is 5.02 Å². The number of methoxy groups -OCH3 is 2. The molecule has 1 saturated heterocycles. The van der Waals surface area contributed by atoms with Crippen molar-refractivity contribution in [2.45, 2.75) is 11.8 Å². The van der Waals surface area contributed by atoms with Crippen molar-refractivity contribution in [1.29, 1.82) is 0 Å². The van der Waals surface area contributed by atoms with Crippen LogP contribution in [-0.2, 0) is 4.79 Å². The van der Waals surface area contributed by atoms with Gasteiger partial charge in [0.25, 0.3) is 0 Å². The fourth-order valence-corrected chi connectivity index (χ4v) is 2.46. The Morgan fingerprint density at radius 3 is 2.44 bits per heavy atom. The molecule has 18 heavy (non-hydrogen) atoms. The molecule has 1 unspecified atom stereocenters. The number of hydrogen-bond donors (Lipinski definition) is 0. The molecule has 0 aromatic heterocycles. The van der Waals surface area contributed by atoms with E-state index in [1.165, 1.54) is 14.2 Å². The van der Waals surface area contributed by atoms with Gasteiger partial charge in [-0.15, -0.1) is 11.6 Å². The van der Waals surface area contributed by atoms with Crippen LogP contribution in [0.15, 0.2) is 12.1 Å². The van der Waals surface area contributed by atoms with Crippen LogP contribution in [0.5, 0.6) is 11.5 Å². The Bertz CT molecular complexity index is 479. The Labute approximate surface area is 115 Å². The molecule has 1 atom stereocenters. The SMILES string of the molecule is COc1cc(OC)c(N2CC(Cl)CC2=O)cc1Cl. The minimum Gasteiger partial charge on any atom is -0.495 e. The first-order valence-corrected chi connectivity index (χ1v) is 6.24. The predicted molar refractivity (Wildman–Crippen MR) is 71.2 cm³/mol. The molecule has 1 aromatic carbocycles. The van der Waals surface area contributed by atoms with E-state index in [9.17, 15) is 4.79 Å². The number of nitrogens with zero attached hydrogens (tertiary/aromatic N) is 1. The summed E-state index contributed by atoms with van der Waals surface area (Å²) in [4.78, 5) is 13.4. The van der Waals surface area contributed by atoms with Crippen LogP contribution in [0, 0.1) is 0 Å². The molecule has 2 rings (SSSR count). The van der Waals surface area contributed by atoms with Crippen LogP contribution in [-0.4, -0.2) is 32.0 Å². The zero-order valence-corrected chi connectivity index (χ0v) is 11.6. The highest BCUT2D eigenvalue weighted by Gasteiger charge is 2.31. The molecule has 1 aliphatic heterocycles. The van der Waals surface area contributed by atoms with Gasteiger partial charge in [0, 0.05) is 19.0 Å². The average molecular weight is 290 g/mol. The van der Waals surface area contributed by atoms with E-state index in [2.05, 4.69) is 0 Å². The van der Waals surface area contributed by atoms with Crippen LogP contribution in [0.4, 0.5) is 5.69 Å². The van der Waals surface area contributed by atoms with Crippen LogP contribution >= 0.6 is 23.2 Å². The molecule has 1 fully saturated rings. The number of amides is 1. The van der Waals surface area contributed by atoms with Crippen molar-refractivity contribution in [3.63, 3.8) is 0 Å². The van der Waals surface area contributed by atoms with Crippen molar-refractivity contribution < 1.29 is 14.3 Å². The molecule has 4 nitrogen and oxygen atoms in total. The highest BCUT2D eigenvalue weighted by atomic mass is 35.5. The molecule has 0 radical (unpaired) electrons. The lowest BCUT2D eigenvalue weighted by atomic mass is 10.2. The van der Waals surface area contributed by atoms with Crippen molar-refractivity contribution in [2.24, 2.45) is 0 Å². The van der Waals surface area contributed by atoms with E-state index in [0.717, 1.165) is 0 Å². The zero-order chi connectivity index (χ0) is 13.3. The minimum absolute atomic E-state index is 0.0328. The Balaban J connectivity index is 2.44. The summed E-state index contributed by atoms with van der Waals surface area (Å²) in [5, 5.41) is 0.252. The summed E-state index contributed by atoms with van der Waals surface area (Å²) in [5.74, 6) is 1.01. The van der Waals surface area contributed by atoms with Gasteiger partial charge in [0.2, 0.25) is 5.91 Å². The number of carbonyl (C=O) groups is 1. The van der Waals surface area contributed by atoms with Gasteiger partial charge in [0.15, 0.2) is 0 Å². The third kappa shape index (κ3) is 2.35. The van der Waals surface area contributed by atoms with Crippen LogP contribution in [0.25, 0.3) is 0 Å². The molecule has 0 spiro atoms. The van der Waals surface area contributed by atoms with Crippen molar-refractivity contribution in [3.8, 4) is 11.5 Å². The van der Waals surface area contributed by atoms with Crippen molar-refractivity contribution in [3.05, 3.63) is 17.2 Å². The van der Waals surface area contributed by atoms with Crippen LogP contribution in [0.3, 0.4) is 0 Å². The third-order valence-electron chi connectivity index (χ3n) is 2.82. The van der Waals surface area contributed by atoms with E-state index in [-0.39, 0.29) is 11.3 Å². The first-order valence-electron chi connectivity index (χ1n) is 5.42. The van der Waals surface area contributed by atoms with E-state index in [0.29, 0.717) is 35.2 Å². The summed E-state index contributed by atoms with van der Waals surface area (Å²) in [5.41, 5.74) is 0.622. The lowest BCUT2D eigenvalue weighted by molar-refractivity contribution is -0.117. The van der Waals surface area contributed by atoms with Crippen molar-refractivity contribution in [2.75, 3.05) is 25.7 Å². The van der Waals surface area contributed by atoms with E-state index in [4.69, 9.17) is 32.7 Å². The Hall–Kier alpha value is -1.13. The van der Waals surface area contributed by atoms with E-state index in [1.54, 1.807) is 17.0 Å². The first kappa shape index (κ1) is 13.3. The Morgan fingerprint density at radius 2 is 1.94 bits per heavy atom. The number of rotatable bonds is 3. The van der Waals surface area contributed by atoms with E-state index >= 15 is 0 Å². The molecule has 98 valence electrons. The van der Waals surface area contributed by atoms with Crippen LogP contribution in [0.1, 0.15) is 6.42 Å². The molecular weight excluding hydrogens is 277 g/mol. The van der Waals surface area contributed by atoms with Crippen LogP contribution < -0.4 is 14.4 Å². The number of anilines is 1. The molecule has 0 N–H and O–H groups in total. The maximum atomic E-state index is 11.8. The fourth-order valence-electron chi connectivity index (χ4n) is 1.95. The second-order valence-corrected chi connectivity index (χ2v) is 4.99. The minimum atomic E-state index is -0.178. The second kappa shape index (κ2) is 5.24. The number of ether oxygens (including phenoxy) is 2. The normalized spacial score (nSPS) is 19.2. The summed E-state index contributed by atoms with van der Waals surface area (Å²) in [7, 11) is 3.06. The summed E-state index contributed by atoms with van der Waals surface area (Å²) in [6.07, 6.45) is 0.328. The largest absolute Gasteiger partial charge is 0.495 e. The average Bonchev–Trinajstić information content (AvgIpc) is 2.68. The molecule has 1 amide bonds. The smallest absolute Gasteiger partial charge is 0.228 e. The number of carbonyl (C=O) groups excluding carboxylic acids is 1. The van der Waals surface area contributed by atoms with Crippen molar-refractivity contribution >= 4 is 34.8 Å². The van der Waals surface area contributed by atoms with Gasteiger partial charge >= 0.3 is 0 Å². The Kier molecular flexibility index (Phi) is 3.88. The summed E-state index contributed by atoms with van der Waals surface area (Å²) >= 11 is 12.1. The quantitative estimate of drug-likeness (QED) is 0.803. The molecular formula is C12H13Cl2NO3. The number of halogens is 2. The van der Waals surface area contributed by atoms with Gasteiger partial charge in [0.1, 0.15) is 11.5 Å². The lowest BCUT2D eigenvalue weighted by Crippen LogP contribution is -2.25. The van der Waals surface area contributed by atoms with E-state index in [1.807, 2.05) is 0 Å². The van der Waals surface area contributed by atoms with Gasteiger partial charge in [-0.1, -0.05) is 11.6 Å². The van der Waals surface area contributed by atoms with Gasteiger partial charge in [-0.25, -0.2) is 0 Å². The van der Waals surface area contributed by atoms with Gasteiger partial charge in [-0.3, -0.25) is 4.79 Å². The lowest BCUT2D eigenvalue weighted by Gasteiger charge is -2.20. The number of benzene rings is 1. The number of alkyl halides is 1. The predicted octanol–water partition coefficient (Wildman–Crippen LogP) is 2.70. The molecule has 1 aromatic rings. The van der Waals surface area contributed by atoms with Gasteiger partial charge in [-0.2, -0.15) is 0 Å². The zero-order valence-electron chi connectivity index (χ0n) is 10.1. The van der Waals surface area contributed by atoms with Gasteiger partial charge in [0.05, 0.1) is 30.3 Å². The first-order chi connectivity index (χ1) is 8.56. The monoisotopic (exact) mass is 289 g/mol. The van der Waals surface area contributed by atoms with E-state index < -0.39 is 0 Å². The summed E-state index contributed by atoms with van der Waals surface area (Å²) in [6.45, 7) is 0.458. The molecule has 0 saturated carbocycles. The Morgan fingerprint density at radius 1 is 1.28 bits per heavy atom. The molecule has 0 bridgehead atoms. The maximum Gasteiger partial charge on any atom is 0.228 e. The fraction of sp³-hybridized carbons (Fsp3) is 0.417. The molecule has 0 aliphatic carbocycles. The molecule has 6 heteroatoms. The molecule has 1 heterocycles. The molecule has 1 aliphatic rings. The topological polar surface area (TPSA) is 38.8 Å². The maximum absolute atomic E-state index is 11.8. The summed E-state index contributed by atoms with van der Waals surface area (Å²) in [6, 6.07) is 3.32. The van der Waals surface area contributed by atoms with Gasteiger partial charge < -0.3 is 14.4 Å². The number of hydrogen-bond acceptors (Lipinski definition) is 3. The third-order valence-corrected chi connectivity index (χ3v) is 3.41. The second-order valence-electron chi connectivity index (χ2n) is 3.96. The standard InChI is InChI=1S/C12H13Cl2NO3/c1-17-10-5-11(18-2)9(4-8(10)14)15-6-7(13)3-12(15)16/h4-5,7H,3,6H2,1-2H3. The summed E-state index contributed by atoms with van der Waals surface area (Å²) < 4.78 is 10.4. The van der Waals surface area contributed by atoms with Crippen molar-refractivity contribution in [1.82, 2.24) is 0 Å². The highest BCUT2D eigenvalue weighted by Crippen LogP contribution is 2.39. The van der Waals surface area contributed by atoms with Gasteiger partial charge in [-0.05, 0) is 6.07 Å². The highest BCUT2D eigenvalue weighted by molar-refractivity contribution is 6.32.